The van der Waals surface area contributed by atoms with E-state index in [1.807, 2.05) is 18.2 Å². The molecule has 1 aliphatic heterocycles. The molecule has 110 valence electrons. The zero-order valence-electron chi connectivity index (χ0n) is 12.4. The van der Waals surface area contributed by atoms with Crippen LogP contribution >= 0.6 is 0 Å². The Bertz CT molecular complexity index is 560. The van der Waals surface area contributed by atoms with Gasteiger partial charge < -0.3 is 4.90 Å². The molecule has 2 nitrogen and oxygen atoms in total. The molecular formula is C18H21FN2. The van der Waals surface area contributed by atoms with E-state index in [2.05, 4.69) is 41.1 Å². The van der Waals surface area contributed by atoms with Crippen molar-refractivity contribution in [2.24, 2.45) is 0 Å². The molecular weight excluding hydrogens is 263 g/mol. The van der Waals surface area contributed by atoms with Crippen molar-refractivity contribution in [3.63, 3.8) is 0 Å². The average molecular weight is 284 g/mol. The summed E-state index contributed by atoms with van der Waals surface area (Å²) in [6.45, 7) is 4.22. The van der Waals surface area contributed by atoms with Crippen molar-refractivity contribution in [2.45, 2.75) is 6.04 Å². The molecule has 2 aromatic carbocycles. The maximum Gasteiger partial charge on any atom is 0.123 e. The number of halogens is 1. The molecule has 0 N–H and O–H groups in total. The van der Waals surface area contributed by atoms with Crippen molar-refractivity contribution < 1.29 is 4.39 Å². The van der Waals surface area contributed by atoms with Crippen LogP contribution in [0.3, 0.4) is 0 Å². The maximum atomic E-state index is 13.2. The van der Waals surface area contributed by atoms with Crippen LogP contribution in [0.4, 0.5) is 4.39 Å². The number of hydrogen-bond donors (Lipinski definition) is 0. The summed E-state index contributed by atoms with van der Waals surface area (Å²) in [5.74, 6) is -0.177. The normalized spacial score (nSPS) is 18.6. The molecule has 3 rings (SSSR count). The summed E-state index contributed by atoms with van der Waals surface area (Å²) in [5, 5.41) is 0. The number of likely N-dealkylation sites (N-methyl/N-ethyl adjacent to an activating group) is 1. The fourth-order valence-electron chi connectivity index (χ4n) is 2.97. The van der Waals surface area contributed by atoms with Crippen LogP contribution in [0.1, 0.15) is 17.2 Å². The van der Waals surface area contributed by atoms with E-state index in [-0.39, 0.29) is 11.9 Å². The van der Waals surface area contributed by atoms with Crippen molar-refractivity contribution in [2.75, 3.05) is 33.2 Å². The Balaban J connectivity index is 1.93. The third kappa shape index (κ3) is 3.31. The monoisotopic (exact) mass is 284 g/mol. The summed E-state index contributed by atoms with van der Waals surface area (Å²) in [4.78, 5) is 4.84. The lowest BCUT2D eigenvalue weighted by molar-refractivity contribution is 0.127. The highest BCUT2D eigenvalue weighted by atomic mass is 19.1. The Kier molecular flexibility index (Phi) is 4.32. The van der Waals surface area contributed by atoms with Crippen LogP contribution in [0.5, 0.6) is 0 Å². The molecule has 0 aliphatic carbocycles. The molecule has 1 fully saturated rings. The topological polar surface area (TPSA) is 6.48 Å². The maximum absolute atomic E-state index is 13.2. The largest absolute Gasteiger partial charge is 0.304 e. The Morgan fingerprint density at radius 3 is 2.00 bits per heavy atom. The van der Waals surface area contributed by atoms with Gasteiger partial charge in [-0.2, -0.15) is 0 Å². The molecule has 1 heterocycles. The summed E-state index contributed by atoms with van der Waals surface area (Å²) in [5.41, 5.74) is 2.43. The van der Waals surface area contributed by atoms with Gasteiger partial charge in [0.15, 0.2) is 0 Å². The second-order valence-corrected chi connectivity index (χ2v) is 5.70. The van der Waals surface area contributed by atoms with E-state index in [4.69, 9.17) is 0 Å². The predicted octanol–water partition coefficient (Wildman–Crippen LogP) is 3.16. The molecule has 0 saturated carbocycles. The Hall–Kier alpha value is -1.71. The number of hydrogen-bond acceptors (Lipinski definition) is 2. The van der Waals surface area contributed by atoms with Crippen LogP contribution < -0.4 is 0 Å². The van der Waals surface area contributed by atoms with Crippen molar-refractivity contribution in [3.05, 3.63) is 71.5 Å². The zero-order chi connectivity index (χ0) is 14.7. The van der Waals surface area contributed by atoms with Crippen LogP contribution in [-0.4, -0.2) is 43.0 Å². The van der Waals surface area contributed by atoms with Crippen molar-refractivity contribution in [1.82, 2.24) is 9.80 Å². The number of rotatable bonds is 3. The van der Waals surface area contributed by atoms with Gasteiger partial charge in [-0.05, 0) is 30.3 Å². The van der Waals surface area contributed by atoms with E-state index in [1.54, 1.807) is 12.1 Å². The smallest absolute Gasteiger partial charge is 0.123 e. The van der Waals surface area contributed by atoms with E-state index < -0.39 is 0 Å². The molecule has 1 atom stereocenters. The van der Waals surface area contributed by atoms with Crippen molar-refractivity contribution >= 4 is 0 Å². The van der Waals surface area contributed by atoms with Crippen LogP contribution in [0, 0.1) is 5.82 Å². The Morgan fingerprint density at radius 2 is 1.38 bits per heavy atom. The second kappa shape index (κ2) is 6.37. The summed E-state index contributed by atoms with van der Waals surface area (Å²) in [7, 11) is 2.16. The molecule has 21 heavy (non-hydrogen) atoms. The van der Waals surface area contributed by atoms with Gasteiger partial charge in [0.25, 0.3) is 0 Å². The zero-order valence-corrected chi connectivity index (χ0v) is 12.4. The van der Waals surface area contributed by atoms with Gasteiger partial charge in [-0.3, -0.25) is 4.90 Å². The lowest BCUT2D eigenvalue weighted by atomic mass is 9.96. The first-order chi connectivity index (χ1) is 10.2. The van der Waals surface area contributed by atoms with Crippen LogP contribution in [0.25, 0.3) is 0 Å². The third-order valence-electron chi connectivity index (χ3n) is 4.20. The summed E-state index contributed by atoms with van der Waals surface area (Å²) >= 11 is 0. The average Bonchev–Trinajstić information content (AvgIpc) is 2.52. The molecule has 2 aromatic rings. The summed E-state index contributed by atoms with van der Waals surface area (Å²) in [6, 6.07) is 17.6. The standard InChI is InChI=1S/C18H21FN2/c1-20-11-13-21(14-12-20)18(15-5-3-2-4-6-15)16-7-9-17(19)10-8-16/h2-10,18H,11-14H2,1H3. The number of benzene rings is 2. The summed E-state index contributed by atoms with van der Waals surface area (Å²) in [6.07, 6.45) is 0. The van der Waals surface area contributed by atoms with E-state index in [9.17, 15) is 4.39 Å². The first kappa shape index (κ1) is 14.2. The minimum atomic E-state index is -0.177. The minimum Gasteiger partial charge on any atom is -0.304 e. The molecule has 3 heteroatoms. The van der Waals surface area contributed by atoms with Gasteiger partial charge in [-0.15, -0.1) is 0 Å². The highest BCUT2D eigenvalue weighted by Crippen LogP contribution is 2.29. The van der Waals surface area contributed by atoms with E-state index in [0.29, 0.717) is 0 Å². The molecule has 0 spiro atoms. The van der Waals surface area contributed by atoms with E-state index in [0.717, 1.165) is 31.7 Å². The molecule has 0 radical (unpaired) electrons. The quantitative estimate of drug-likeness (QED) is 0.854. The third-order valence-corrected chi connectivity index (χ3v) is 4.20. The Morgan fingerprint density at radius 1 is 0.810 bits per heavy atom. The molecule has 1 unspecified atom stereocenters. The predicted molar refractivity (Wildman–Crippen MR) is 83.8 cm³/mol. The van der Waals surface area contributed by atoms with Gasteiger partial charge in [0.05, 0.1) is 6.04 Å². The second-order valence-electron chi connectivity index (χ2n) is 5.70. The highest BCUT2D eigenvalue weighted by Gasteiger charge is 2.25. The molecule has 1 saturated heterocycles. The SMILES string of the molecule is CN1CCN(C(c2ccccc2)c2ccc(F)cc2)CC1. The molecule has 0 amide bonds. The highest BCUT2D eigenvalue weighted by molar-refractivity contribution is 5.32. The molecule has 0 aromatic heterocycles. The lowest BCUT2D eigenvalue weighted by Gasteiger charge is -2.38. The lowest BCUT2D eigenvalue weighted by Crippen LogP contribution is -2.46. The fourth-order valence-corrected chi connectivity index (χ4v) is 2.97. The van der Waals surface area contributed by atoms with Crippen LogP contribution in [0.2, 0.25) is 0 Å². The van der Waals surface area contributed by atoms with E-state index in [1.165, 1.54) is 5.56 Å². The minimum absolute atomic E-state index is 0.177. The fraction of sp³-hybridized carbons (Fsp3) is 0.333. The van der Waals surface area contributed by atoms with Gasteiger partial charge in [0, 0.05) is 26.2 Å². The molecule has 1 aliphatic rings. The molecule has 0 bridgehead atoms. The van der Waals surface area contributed by atoms with Gasteiger partial charge in [-0.1, -0.05) is 42.5 Å². The van der Waals surface area contributed by atoms with Crippen molar-refractivity contribution in [3.8, 4) is 0 Å². The van der Waals surface area contributed by atoms with Gasteiger partial charge in [0.2, 0.25) is 0 Å². The van der Waals surface area contributed by atoms with Crippen LogP contribution in [-0.2, 0) is 0 Å². The van der Waals surface area contributed by atoms with Gasteiger partial charge in [0.1, 0.15) is 5.82 Å². The summed E-state index contributed by atoms with van der Waals surface area (Å²) < 4.78 is 13.2. The van der Waals surface area contributed by atoms with Gasteiger partial charge in [-0.25, -0.2) is 4.39 Å². The number of piperazine rings is 1. The number of nitrogens with zero attached hydrogens (tertiary/aromatic N) is 2. The van der Waals surface area contributed by atoms with E-state index >= 15 is 0 Å². The Labute approximate surface area is 125 Å². The van der Waals surface area contributed by atoms with Crippen LogP contribution in [0.15, 0.2) is 54.6 Å². The first-order valence-electron chi connectivity index (χ1n) is 7.47. The van der Waals surface area contributed by atoms with Crippen molar-refractivity contribution in [1.29, 1.82) is 0 Å². The first-order valence-corrected chi connectivity index (χ1v) is 7.47. The van der Waals surface area contributed by atoms with Gasteiger partial charge >= 0.3 is 0 Å².